The minimum absolute atomic E-state index is 0.102. The predicted molar refractivity (Wildman–Crippen MR) is 121 cm³/mol. The van der Waals surface area contributed by atoms with E-state index in [0.717, 1.165) is 29.9 Å². The van der Waals surface area contributed by atoms with Gasteiger partial charge in [0.05, 0.1) is 12.2 Å². The fourth-order valence-corrected chi connectivity index (χ4v) is 3.43. The van der Waals surface area contributed by atoms with E-state index in [0.29, 0.717) is 29.6 Å². The Morgan fingerprint density at radius 2 is 1.63 bits per heavy atom. The molecule has 5 heteroatoms. The van der Waals surface area contributed by atoms with Gasteiger partial charge in [-0.25, -0.2) is 15.0 Å². The average molecular weight is 406 g/mol. The molecule has 0 amide bonds. The van der Waals surface area contributed by atoms with E-state index in [2.05, 4.69) is 41.8 Å². The quantitative estimate of drug-likeness (QED) is 0.434. The van der Waals surface area contributed by atoms with Crippen LogP contribution in [-0.4, -0.2) is 26.7 Å². The fraction of sp³-hybridized carbons (Fsp3) is 0.400. The van der Waals surface area contributed by atoms with Crippen molar-refractivity contribution >= 4 is 0 Å². The molecule has 0 unspecified atom stereocenters. The lowest BCUT2D eigenvalue weighted by molar-refractivity contribution is 0.301. The molecule has 5 nitrogen and oxygen atoms in total. The zero-order chi connectivity index (χ0) is 21.5. The highest BCUT2D eigenvalue weighted by atomic mass is 16.5. The third kappa shape index (κ3) is 5.78. The van der Waals surface area contributed by atoms with Crippen LogP contribution in [0.1, 0.15) is 50.7 Å². The third-order valence-electron chi connectivity index (χ3n) is 5.10. The number of phenols is 1. The second-order valence-electron chi connectivity index (χ2n) is 8.22. The number of benzene rings is 2. The number of unbranched alkanes of at least 4 members (excludes halogenated alkanes) is 2. The van der Waals surface area contributed by atoms with Crippen LogP contribution in [0.15, 0.2) is 42.7 Å². The summed E-state index contributed by atoms with van der Waals surface area (Å²) in [5, 5.41) is 10.5. The largest absolute Gasteiger partial charge is 0.507 e. The standard InChI is InChI=1S/C25H31N3O2/c1-17(2)8-6-5-7-13-30-20-10-12-22(23(29)15-20)25-27-16-26-24(28-25)21-11-9-18(3)14-19(21)4/h9-12,14-17,29H,5-8,13H2,1-4H3. The van der Waals surface area contributed by atoms with Crippen LogP contribution in [0.3, 0.4) is 0 Å². The second kappa shape index (κ2) is 10.2. The number of ether oxygens (including phenoxy) is 1. The Balaban J connectivity index is 1.68. The number of aryl methyl sites for hydroxylation is 2. The van der Waals surface area contributed by atoms with Gasteiger partial charge < -0.3 is 9.84 Å². The molecule has 158 valence electrons. The summed E-state index contributed by atoms with van der Waals surface area (Å²) in [6.07, 6.45) is 6.15. The molecule has 0 aliphatic heterocycles. The van der Waals surface area contributed by atoms with Crippen molar-refractivity contribution in [2.45, 2.75) is 53.4 Å². The van der Waals surface area contributed by atoms with Gasteiger partial charge in [0.25, 0.3) is 0 Å². The van der Waals surface area contributed by atoms with Crippen LogP contribution in [0.2, 0.25) is 0 Å². The third-order valence-corrected chi connectivity index (χ3v) is 5.10. The molecule has 30 heavy (non-hydrogen) atoms. The van der Waals surface area contributed by atoms with Gasteiger partial charge in [0, 0.05) is 11.6 Å². The first-order valence-electron chi connectivity index (χ1n) is 10.7. The molecule has 1 heterocycles. The first-order chi connectivity index (χ1) is 14.4. The maximum Gasteiger partial charge on any atom is 0.167 e. The molecule has 0 saturated carbocycles. The maximum absolute atomic E-state index is 10.5. The summed E-state index contributed by atoms with van der Waals surface area (Å²) >= 11 is 0. The van der Waals surface area contributed by atoms with E-state index < -0.39 is 0 Å². The lowest BCUT2D eigenvalue weighted by Gasteiger charge is -2.10. The van der Waals surface area contributed by atoms with E-state index in [1.165, 1.54) is 24.7 Å². The molecule has 0 aliphatic carbocycles. The molecule has 3 aromatic rings. The van der Waals surface area contributed by atoms with Gasteiger partial charge in [-0.1, -0.05) is 56.9 Å². The van der Waals surface area contributed by atoms with Gasteiger partial charge >= 0.3 is 0 Å². The van der Waals surface area contributed by atoms with Crippen molar-refractivity contribution in [3.05, 3.63) is 53.9 Å². The highest BCUT2D eigenvalue weighted by molar-refractivity contribution is 5.68. The normalized spacial score (nSPS) is 11.1. The summed E-state index contributed by atoms with van der Waals surface area (Å²) in [6.45, 7) is 9.25. The maximum atomic E-state index is 10.5. The Hall–Kier alpha value is -2.95. The Bertz CT molecular complexity index is 986. The van der Waals surface area contributed by atoms with E-state index >= 15 is 0 Å². The predicted octanol–water partition coefficient (Wildman–Crippen LogP) is 6.12. The van der Waals surface area contributed by atoms with Crippen LogP contribution < -0.4 is 4.74 Å². The number of rotatable bonds is 9. The molecule has 0 bridgehead atoms. The first-order valence-corrected chi connectivity index (χ1v) is 10.7. The second-order valence-corrected chi connectivity index (χ2v) is 8.22. The molecular formula is C25H31N3O2. The van der Waals surface area contributed by atoms with Crippen molar-refractivity contribution in [2.24, 2.45) is 5.92 Å². The van der Waals surface area contributed by atoms with Gasteiger partial charge in [-0.3, -0.25) is 0 Å². The topological polar surface area (TPSA) is 68.1 Å². The van der Waals surface area contributed by atoms with Gasteiger partial charge in [0.1, 0.15) is 17.8 Å². The van der Waals surface area contributed by atoms with Crippen molar-refractivity contribution in [1.29, 1.82) is 0 Å². The Morgan fingerprint density at radius 1 is 0.900 bits per heavy atom. The SMILES string of the molecule is Cc1ccc(-c2ncnc(-c3ccc(OCCCCCC(C)C)cc3O)n2)c(C)c1. The molecule has 1 aromatic heterocycles. The molecule has 0 aliphatic rings. The number of aromatic hydroxyl groups is 1. The number of phenolic OH excluding ortho intramolecular Hbond substituents is 1. The summed E-state index contributed by atoms with van der Waals surface area (Å²) in [5.74, 6) is 2.55. The molecule has 0 radical (unpaired) electrons. The minimum atomic E-state index is 0.102. The Labute approximate surface area is 179 Å². The van der Waals surface area contributed by atoms with Crippen LogP contribution in [-0.2, 0) is 0 Å². The van der Waals surface area contributed by atoms with Crippen LogP contribution >= 0.6 is 0 Å². The molecule has 0 atom stereocenters. The highest BCUT2D eigenvalue weighted by Gasteiger charge is 2.12. The van der Waals surface area contributed by atoms with E-state index in [4.69, 9.17) is 4.74 Å². The highest BCUT2D eigenvalue weighted by Crippen LogP contribution is 2.31. The van der Waals surface area contributed by atoms with Crippen LogP contribution in [0.4, 0.5) is 0 Å². The molecule has 2 aromatic carbocycles. The number of aromatic nitrogens is 3. The molecule has 0 spiro atoms. The van der Waals surface area contributed by atoms with E-state index in [1.807, 2.05) is 25.1 Å². The minimum Gasteiger partial charge on any atom is -0.507 e. The molecule has 0 saturated heterocycles. The summed E-state index contributed by atoms with van der Waals surface area (Å²) < 4.78 is 5.79. The molecule has 3 rings (SSSR count). The molecular weight excluding hydrogens is 374 g/mol. The van der Waals surface area contributed by atoms with Crippen LogP contribution in [0, 0.1) is 19.8 Å². The van der Waals surface area contributed by atoms with Crippen LogP contribution in [0.5, 0.6) is 11.5 Å². The van der Waals surface area contributed by atoms with Crippen LogP contribution in [0.25, 0.3) is 22.8 Å². The number of hydrogen-bond acceptors (Lipinski definition) is 5. The summed E-state index contributed by atoms with van der Waals surface area (Å²) in [4.78, 5) is 13.2. The average Bonchev–Trinajstić information content (AvgIpc) is 2.70. The smallest absolute Gasteiger partial charge is 0.167 e. The summed E-state index contributed by atoms with van der Waals surface area (Å²) in [5.41, 5.74) is 3.82. The fourth-order valence-electron chi connectivity index (χ4n) is 3.43. The van der Waals surface area contributed by atoms with Crippen molar-refractivity contribution in [3.8, 4) is 34.3 Å². The zero-order valence-corrected chi connectivity index (χ0v) is 18.4. The van der Waals surface area contributed by atoms with Gasteiger partial charge in [-0.05, 0) is 43.9 Å². The van der Waals surface area contributed by atoms with Crippen molar-refractivity contribution in [3.63, 3.8) is 0 Å². The summed E-state index contributed by atoms with van der Waals surface area (Å²) in [6, 6.07) is 11.4. The zero-order valence-electron chi connectivity index (χ0n) is 18.4. The van der Waals surface area contributed by atoms with E-state index in [1.54, 1.807) is 12.1 Å². The Kier molecular flexibility index (Phi) is 7.39. The first kappa shape index (κ1) is 21.8. The van der Waals surface area contributed by atoms with Crippen molar-refractivity contribution < 1.29 is 9.84 Å². The summed E-state index contributed by atoms with van der Waals surface area (Å²) in [7, 11) is 0. The van der Waals surface area contributed by atoms with Crippen molar-refractivity contribution in [2.75, 3.05) is 6.61 Å². The lowest BCUT2D eigenvalue weighted by atomic mass is 10.1. The van der Waals surface area contributed by atoms with Gasteiger partial charge in [-0.15, -0.1) is 0 Å². The lowest BCUT2D eigenvalue weighted by Crippen LogP contribution is -1.99. The van der Waals surface area contributed by atoms with Crippen molar-refractivity contribution in [1.82, 2.24) is 15.0 Å². The van der Waals surface area contributed by atoms with E-state index in [-0.39, 0.29) is 5.75 Å². The number of nitrogens with zero attached hydrogens (tertiary/aromatic N) is 3. The molecule has 0 fully saturated rings. The monoisotopic (exact) mass is 405 g/mol. The van der Waals surface area contributed by atoms with Gasteiger partial charge in [0.15, 0.2) is 11.6 Å². The number of hydrogen-bond donors (Lipinski definition) is 1. The van der Waals surface area contributed by atoms with Gasteiger partial charge in [-0.2, -0.15) is 0 Å². The van der Waals surface area contributed by atoms with Gasteiger partial charge in [0.2, 0.25) is 0 Å². The Morgan fingerprint density at radius 3 is 2.33 bits per heavy atom. The molecule has 1 N–H and O–H groups in total. The van der Waals surface area contributed by atoms with E-state index in [9.17, 15) is 5.11 Å².